The Morgan fingerprint density at radius 2 is 1.64 bits per heavy atom. The van der Waals surface area contributed by atoms with Crippen LogP contribution in [0.25, 0.3) is 22.2 Å². The van der Waals surface area contributed by atoms with E-state index < -0.39 is 0 Å². The molecule has 4 aromatic carbocycles. The second kappa shape index (κ2) is 15.8. The van der Waals surface area contributed by atoms with Gasteiger partial charge in [0, 0.05) is 90.7 Å². The maximum Gasteiger partial charge on any atom is 0.264 e. The highest BCUT2D eigenvalue weighted by Gasteiger charge is 2.37. The monoisotopic (exact) mass is 813 g/mol. The van der Waals surface area contributed by atoms with E-state index in [-0.39, 0.29) is 48.8 Å². The smallest absolute Gasteiger partial charge is 0.264 e. The molecule has 2 atom stereocenters. The van der Waals surface area contributed by atoms with Gasteiger partial charge >= 0.3 is 0 Å². The average Bonchev–Trinajstić information content (AvgIpc) is 3.98. The van der Waals surface area contributed by atoms with Crippen molar-refractivity contribution in [2.75, 3.05) is 38.0 Å². The molecule has 1 N–H and O–H groups in total. The molecule has 11 nitrogen and oxygen atoms in total. The number of fused-ring (bicyclic) bond motifs is 4. The number of phenols is 1. The molecule has 0 radical (unpaired) electrons. The third-order valence-corrected chi connectivity index (χ3v) is 12.5. The Kier molecular flexibility index (Phi) is 10.4. The summed E-state index contributed by atoms with van der Waals surface area (Å²) in [5.74, 6) is 0.987. The number of benzene rings is 4. The predicted octanol–water partition coefficient (Wildman–Crippen LogP) is 8.11. The molecule has 4 aliphatic heterocycles. The van der Waals surface area contributed by atoms with E-state index in [1.165, 1.54) is 5.56 Å². The van der Waals surface area contributed by atoms with Gasteiger partial charge in [0.05, 0.1) is 24.3 Å². The lowest BCUT2D eigenvalue weighted by molar-refractivity contribution is -0.0136. The zero-order valence-corrected chi connectivity index (χ0v) is 34.1. The van der Waals surface area contributed by atoms with E-state index in [2.05, 4.69) is 39.2 Å². The third kappa shape index (κ3) is 7.00. The van der Waals surface area contributed by atoms with Crippen LogP contribution in [0, 0.1) is 0 Å². The van der Waals surface area contributed by atoms with Crippen molar-refractivity contribution in [1.82, 2.24) is 18.9 Å². The highest BCUT2D eigenvalue weighted by Crippen LogP contribution is 2.43. The van der Waals surface area contributed by atoms with Crippen LogP contribution in [0.5, 0.6) is 17.2 Å². The lowest BCUT2D eigenvalue weighted by Crippen LogP contribution is -2.54. The van der Waals surface area contributed by atoms with Crippen molar-refractivity contribution in [1.29, 1.82) is 0 Å². The SMILES string of the molecule is C[C@H]1COCCN1C[C@@H]1Cc2ccccc2CN1C(=O)c1cc2c(cc1-c1cc(C(=O)N(c3ccc(O)cc3)c3ccc4c(ccn4C)c3)c3n1CCCC3)OCO2.Cl. The zero-order valence-electron chi connectivity index (χ0n) is 33.3. The summed E-state index contributed by atoms with van der Waals surface area (Å²) in [6, 6.07) is 29.2. The maximum absolute atomic E-state index is 15.3. The Balaban J connectivity index is 0.00000449. The lowest BCUT2D eigenvalue weighted by atomic mass is 9.91. The highest BCUT2D eigenvalue weighted by atomic mass is 35.5. The second-order valence-electron chi connectivity index (χ2n) is 16.1. The number of aryl methyl sites for hydroxylation is 1. The zero-order chi connectivity index (χ0) is 39.5. The molecular formula is C47H48ClN5O6. The summed E-state index contributed by atoms with van der Waals surface area (Å²) >= 11 is 0. The van der Waals surface area contributed by atoms with Gasteiger partial charge in [0.25, 0.3) is 11.8 Å². The molecule has 59 heavy (non-hydrogen) atoms. The summed E-state index contributed by atoms with van der Waals surface area (Å²) in [4.78, 5) is 36.8. The molecule has 2 aromatic heterocycles. The number of ether oxygens (including phenoxy) is 3. The van der Waals surface area contributed by atoms with Crippen molar-refractivity contribution in [2.24, 2.45) is 7.05 Å². The van der Waals surface area contributed by atoms with Crippen molar-refractivity contribution in [3.8, 4) is 28.5 Å². The van der Waals surface area contributed by atoms with Crippen LogP contribution in [0.2, 0.25) is 0 Å². The van der Waals surface area contributed by atoms with Crippen LogP contribution < -0.4 is 14.4 Å². The van der Waals surface area contributed by atoms with Gasteiger partial charge in [-0.3, -0.25) is 19.4 Å². The fourth-order valence-corrected chi connectivity index (χ4v) is 9.38. The van der Waals surface area contributed by atoms with Gasteiger partial charge in [-0.05, 0) is 110 Å². The number of carbonyl (C=O) groups is 2. The molecule has 0 aliphatic carbocycles. The number of aromatic hydroxyl groups is 1. The minimum Gasteiger partial charge on any atom is -0.508 e. The summed E-state index contributed by atoms with van der Waals surface area (Å²) < 4.78 is 21.9. The van der Waals surface area contributed by atoms with Gasteiger partial charge in [-0.25, -0.2) is 0 Å². The summed E-state index contributed by atoms with van der Waals surface area (Å²) in [6.45, 7) is 6.39. The second-order valence-corrected chi connectivity index (χ2v) is 16.1. The van der Waals surface area contributed by atoms with E-state index in [0.717, 1.165) is 77.9 Å². The molecule has 10 rings (SSSR count). The first-order valence-electron chi connectivity index (χ1n) is 20.4. The number of anilines is 2. The third-order valence-electron chi connectivity index (χ3n) is 12.5. The Morgan fingerprint density at radius 3 is 2.46 bits per heavy atom. The van der Waals surface area contributed by atoms with Gasteiger partial charge in [0.2, 0.25) is 6.79 Å². The lowest BCUT2D eigenvalue weighted by Gasteiger charge is -2.42. The van der Waals surface area contributed by atoms with Gasteiger partial charge < -0.3 is 33.4 Å². The largest absolute Gasteiger partial charge is 0.508 e. The van der Waals surface area contributed by atoms with Crippen LogP contribution >= 0.6 is 12.4 Å². The van der Waals surface area contributed by atoms with E-state index >= 15 is 9.59 Å². The van der Waals surface area contributed by atoms with E-state index in [9.17, 15) is 5.11 Å². The Hall–Kier alpha value is -5.75. The van der Waals surface area contributed by atoms with Crippen molar-refractivity contribution >= 4 is 46.5 Å². The van der Waals surface area contributed by atoms with E-state index in [0.29, 0.717) is 54.6 Å². The molecule has 6 heterocycles. The van der Waals surface area contributed by atoms with Crippen molar-refractivity contribution < 1.29 is 28.9 Å². The minimum absolute atomic E-state index is 0. The highest BCUT2D eigenvalue weighted by molar-refractivity contribution is 6.13. The Bertz CT molecular complexity index is 2560. The molecule has 1 fully saturated rings. The molecule has 2 amide bonds. The first kappa shape index (κ1) is 38.8. The molecule has 4 aliphatic rings. The van der Waals surface area contributed by atoms with E-state index in [1.54, 1.807) is 29.2 Å². The van der Waals surface area contributed by atoms with Gasteiger partial charge in [0.15, 0.2) is 11.5 Å². The summed E-state index contributed by atoms with van der Waals surface area (Å²) in [5, 5.41) is 11.2. The number of nitrogens with zero attached hydrogens (tertiary/aromatic N) is 5. The number of amides is 2. The van der Waals surface area contributed by atoms with Crippen LogP contribution in [-0.4, -0.2) is 81.0 Å². The molecule has 0 saturated carbocycles. The summed E-state index contributed by atoms with van der Waals surface area (Å²) in [6.07, 6.45) is 5.38. The van der Waals surface area contributed by atoms with Gasteiger partial charge in [-0.2, -0.15) is 0 Å². The van der Waals surface area contributed by atoms with Gasteiger partial charge in [0.1, 0.15) is 5.75 Å². The molecule has 0 spiro atoms. The topological polar surface area (TPSA) is 102 Å². The Morgan fingerprint density at radius 1 is 0.864 bits per heavy atom. The number of carbonyl (C=O) groups excluding carboxylic acids is 2. The number of rotatable bonds is 7. The quantitative estimate of drug-likeness (QED) is 0.174. The normalized spacial score (nSPS) is 18.6. The van der Waals surface area contributed by atoms with Crippen LogP contribution in [0.3, 0.4) is 0 Å². The molecule has 1 saturated heterocycles. The van der Waals surface area contributed by atoms with Crippen molar-refractivity contribution in [3.63, 3.8) is 0 Å². The molecule has 304 valence electrons. The first-order valence-corrected chi connectivity index (χ1v) is 20.4. The first-order chi connectivity index (χ1) is 28.3. The van der Waals surface area contributed by atoms with Gasteiger partial charge in [-0.1, -0.05) is 24.3 Å². The predicted molar refractivity (Wildman–Crippen MR) is 229 cm³/mol. The molecule has 0 bridgehead atoms. The fourth-order valence-electron chi connectivity index (χ4n) is 9.38. The van der Waals surface area contributed by atoms with E-state index in [1.807, 2.05) is 66.7 Å². The average molecular weight is 814 g/mol. The molecule has 12 heteroatoms. The summed E-state index contributed by atoms with van der Waals surface area (Å²) in [5.41, 5.74) is 8.42. The standard InChI is InChI=1S/C47H47N5O6.ClH/c1-30-28-56-20-19-49(30)27-36-21-31-7-3-4-8-33(31)26-51(36)46(54)39-25-45-44(57-29-58-45)24-38(39)43-23-40(42-9-5-6-17-50(42)43)47(55)52(34-10-13-37(53)14-11-34)35-12-15-41-32(22-35)16-18-48(41)2;/h3-4,7-8,10-16,18,22-25,30,36,53H,5-6,9,17,19-21,26-29H2,1-2H3;1H/t30-,36-;/m0./s1. The Labute approximate surface area is 349 Å². The van der Waals surface area contributed by atoms with Gasteiger partial charge in [-0.15, -0.1) is 12.4 Å². The van der Waals surface area contributed by atoms with Crippen LogP contribution in [0.1, 0.15) is 57.3 Å². The van der Waals surface area contributed by atoms with Crippen molar-refractivity contribution in [3.05, 3.63) is 125 Å². The number of aromatic nitrogens is 2. The van der Waals surface area contributed by atoms with Crippen LogP contribution in [0.4, 0.5) is 11.4 Å². The maximum atomic E-state index is 15.3. The molecule has 0 unspecified atom stereocenters. The minimum atomic E-state index is -0.182. The number of morpholine rings is 1. The number of hydrogen-bond acceptors (Lipinski definition) is 7. The molecule has 6 aromatic rings. The van der Waals surface area contributed by atoms with Crippen molar-refractivity contribution in [2.45, 2.75) is 57.8 Å². The number of phenolic OH excluding ortho intramolecular Hbond substituents is 1. The number of hydrogen-bond donors (Lipinski definition) is 1. The van der Waals surface area contributed by atoms with Crippen LogP contribution in [0.15, 0.2) is 97.2 Å². The number of halogens is 1. The fraction of sp³-hybridized carbons (Fsp3) is 0.319. The molecular weight excluding hydrogens is 766 g/mol. The summed E-state index contributed by atoms with van der Waals surface area (Å²) in [7, 11) is 2.00. The van der Waals surface area contributed by atoms with Crippen LogP contribution in [-0.2, 0) is 37.7 Å². The van der Waals surface area contributed by atoms with E-state index in [4.69, 9.17) is 14.2 Å².